The summed E-state index contributed by atoms with van der Waals surface area (Å²) in [7, 11) is 0. The number of aliphatic hydroxyl groups is 1. The van der Waals surface area contributed by atoms with Crippen molar-refractivity contribution in [3.05, 3.63) is 12.2 Å². The van der Waals surface area contributed by atoms with Crippen molar-refractivity contribution >= 4 is 0 Å². The number of aliphatic hydroxyl groups excluding tert-OH is 1. The average molecular weight is 128 g/mol. The van der Waals surface area contributed by atoms with Crippen molar-refractivity contribution in [2.45, 2.75) is 25.6 Å². The fourth-order valence-corrected chi connectivity index (χ4v) is 0.899. The molecule has 1 aliphatic heterocycles. The van der Waals surface area contributed by atoms with Crippen LogP contribution in [0.1, 0.15) is 13.3 Å². The molecule has 2 heteroatoms. The third kappa shape index (κ3) is 1.53. The minimum Gasteiger partial charge on any atom is -0.393 e. The Labute approximate surface area is 55.1 Å². The monoisotopic (exact) mass is 128 g/mol. The highest BCUT2D eigenvalue weighted by Crippen LogP contribution is 2.12. The number of rotatable bonds is 2. The molecule has 1 aliphatic rings. The first-order valence-corrected chi connectivity index (χ1v) is 3.31. The van der Waals surface area contributed by atoms with Gasteiger partial charge in [-0.3, -0.25) is 0 Å². The molecule has 0 saturated heterocycles. The van der Waals surface area contributed by atoms with E-state index < -0.39 is 0 Å². The Balaban J connectivity index is 2.31. The van der Waals surface area contributed by atoms with Crippen molar-refractivity contribution in [3.8, 4) is 0 Å². The lowest BCUT2D eigenvalue weighted by Gasteiger charge is -2.08. The number of hydrogen-bond acceptors (Lipinski definition) is 2. The summed E-state index contributed by atoms with van der Waals surface area (Å²) < 4.78 is 5.30. The minimum atomic E-state index is -0.0463. The third-order valence-corrected chi connectivity index (χ3v) is 1.47. The van der Waals surface area contributed by atoms with Gasteiger partial charge >= 0.3 is 0 Å². The van der Waals surface area contributed by atoms with Gasteiger partial charge in [0.05, 0.1) is 18.8 Å². The van der Waals surface area contributed by atoms with E-state index in [1.54, 1.807) is 0 Å². The lowest BCUT2D eigenvalue weighted by Crippen LogP contribution is -2.14. The normalized spacial score (nSPS) is 33.6. The first kappa shape index (κ1) is 6.78. The quantitative estimate of drug-likeness (QED) is 0.555. The van der Waals surface area contributed by atoms with Gasteiger partial charge in [0, 0.05) is 0 Å². The molecule has 0 amide bonds. The summed E-state index contributed by atoms with van der Waals surface area (Å²) in [5, 5.41) is 8.60. The lowest BCUT2D eigenvalue weighted by atomic mass is 10.3. The van der Waals surface area contributed by atoms with Crippen LogP contribution in [0.3, 0.4) is 0 Å². The molecule has 1 rings (SSSR count). The van der Waals surface area contributed by atoms with Crippen LogP contribution < -0.4 is 0 Å². The molecule has 0 aliphatic carbocycles. The second kappa shape index (κ2) is 2.99. The summed E-state index contributed by atoms with van der Waals surface area (Å²) in [6.07, 6.45) is 5.10. The molecule has 1 heterocycles. The van der Waals surface area contributed by atoms with Gasteiger partial charge in [-0.15, -0.1) is 0 Å². The molecule has 9 heavy (non-hydrogen) atoms. The minimum absolute atomic E-state index is 0.0463. The predicted octanol–water partition coefficient (Wildman–Crippen LogP) is 0.712. The van der Waals surface area contributed by atoms with Crippen LogP contribution in [0.4, 0.5) is 0 Å². The highest BCUT2D eigenvalue weighted by atomic mass is 16.5. The van der Waals surface area contributed by atoms with Gasteiger partial charge in [0.25, 0.3) is 0 Å². The van der Waals surface area contributed by atoms with Gasteiger partial charge in [0.2, 0.25) is 0 Å². The molecule has 1 N–H and O–H groups in total. The van der Waals surface area contributed by atoms with Crippen LogP contribution >= 0.6 is 0 Å². The van der Waals surface area contributed by atoms with Gasteiger partial charge in [0.15, 0.2) is 0 Å². The Kier molecular flexibility index (Phi) is 2.25. The Morgan fingerprint density at radius 2 is 2.11 bits per heavy atom. The zero-order valence-corrected chi connectivity index (χ0v) is 5.58. The van der Waals surface area contributed by atoms with Gasteiger partial charge in [0.1, 0.15) is 0 Å². The first-order valence-electron chi connectivity index (χ1n) is 3.31. The highest BCUT2D eigenvalue weighted by Gasteiger charge is 2.15. The molecule has 0 radical (unpaired) electrons. The molecule has 52 valence electrons. The number of hydrogen-bond donors (Lipinski definition) is 1. The molecule has 0 bridgehead atoms. The first-order chi connectivity index (χ1) is 4.36. The van der Waals surface area contributed by atoms with Gasteiger partial charge in [-0.05, 0) is 6.42 Å². The maximum absolute atomic E-state index is 8.60. The second-order valence-corrected chi connectivity index (χ2v) is 2.19. The number of ether oxygens (including phenoxy) is 1. The Bertz CT molecular complexity index is 97.5. The smallest absolute Gasteiger partial charge is 0.0995 e. The van der Waals surface area contributed by atoms with Crippen LogP contribution in [-0.4, -0.2) is 23.9 Å². The molecule has 2 nitrogen and oxygen atoms in total. The SMILES string of the molecule is CC[C@H]1C=C[C@@H](CO)O1. The predicted molar refractivity (Wildman–Crippen MR) is 35.2 cm³/mol. The molecule has 0 spiro atoms. The standard InChI is InChI=1S/C7H12O2/c1-2-6-3-4-7(5-8)9-6/h3-4,6-8H,2,5H2,1H3/t6-,7-/m0/s1. The summed E-state index contributed by atoms with van der Waals surface area (Å²) in [4.78, 5) is 0. The molecular weight excluding hydrogens is 116 g/mol. The van der Waals surface area contributed by atoms with E-state index in [9.17, 15) is 0 Å². The fraction of sp³-hybridized carbons (Fsp3) is 0.714. The van der Waals surface area contributed by atoms with Crippen LogP contribution in [0.5, 0.6) is 0 Å². The fourth-order valence-electron chi connectivity index (χ4n) is 0.899. The van der Waals surface area contributed by atoms with Crippen molar-refractivity contribution in [1.29, 1.82) is 0 Å². The largest absolute Gasteiger partial charge is 0.393 e. The van der Waals surface area contributed by atoms with Crippen LogP contribution in [0.2, 0.25) is 0 Å². The zero-order valence-electron chi connectivity index (χ0n) is 5.58. The van der Waals surface area contributed by atoms with Crippen LogP contribution in [0.25, 0.3) is 0 Å². The summed E-state index contributed by atoms with van der Waals surface area (Å²) in [6, 6.07) is 0. The van der Waals surface area contributed by atoms with Crippen molar-refractivity contribution in [2.24, 2.45) is 0 Å². The molecule has 0 aromatic rings. The molecule has 2 atom stereocenters. The maximum atomic E-state index is 8.60. The molecule has 0 saturated carbocycles. The van der Waals surface area contributed by atoms with Crippen LogP contribution in [0, 0.1) is 0 Å². The topological polar surface area (TPSA) is 29.5 Å². The molecule has 0 aromatic heterocycles. The van der Waals surface area contributed by atoms with E-state index in [1.165, 1.54) is 0 Å². The molecule has 0 fully saturated rings. The summed E-state index contributed by atoms with van der Waals surface area (Å²) in [5.41, 5.74) is 0. The van der Waals surface area contributed by atoms with E-state index in [0.717, 1.165) is 6.42 Å². The summed E-state index contributed by atoms with van der Waals surface area (Å²) in [6.45, 7) is 2.17. The van der Waals surface area contributed by atoms with Crippen molar-refractivity contribution in [2.75, 3.05) is 6.61 Å². The van der Waals surface area contributed by atoms with Gasteiger partial charge in [-0.2, -0.15) is 0 Å². The summed E-state index contributed by atoms with van der Waals surface area (Å²) in [5.74, 6) is 0. The van der Waals surface area contributed by atoms with Crippen molar-refractivity contribution < 1.29 is 9.84 Å². The lowest BCUT2D eigenvalue weighted by molar-refractivity contribution is 0.0245. The Morgan fingerprint density at radius 1 is 1.44 bits per heavy atom. The maximum Gasteiger partial charge on any atom is 0.0995 e. The zero-order chi connectivity index (χ0) is 6.69. The average Bonchev–Trinajstić information content (AvgIpc) is 2.34. The highest BCUT2D eigenvalue weighted by molar-refractivity contribution is 5.01. The summed E-state index contributed by atoms with van der Waals surface area (Å²) >= 11 is 0. The van der Waals surface area contributed by atoms with E-state index in [4.69, 9.17) is 9.84 Å². The third-order valence-electron chi connectivity index (χ3n) is 1.47. The molecular formula is C7H12O2. The molecule has 0 unspecified atom stereocenters. The van der Waals surface area contributed by atoms with Gasteiger partial charge in [-0.1, -0.05) is 19.1 Å². The molecule has 0 aromatic carbocycles. The van der Waals surface area contributed by atoms with Gasteiger partial charge < -0.3 is 9.84 Å². The Morgan fingerprint density at radius 3 is 2.44 bits per heavy atom. The Hall–Kier alpha value is -0.340. The van der Waals surface area contributed by atoms with Crippen molar-refractivity contribution in [1.82, 2.24) is 0 Å². The van der Waals surface area contributed by atoms with E-state index in [0.29, 0.717) is 0 Å². The van der Waals surface area contributed by atoms with E-state index in [-0.39, 0.29) is 18.8 Å². The van der Waals surface area contributed by atoms with Crippen molar-refractivity contribution in [3.63, 3.8) is 0 Å². The van der Waals surface area contributed by atoms with E-state index in [1.807, 2.05) is 12.2 Å². The van der Waals surface area contributed by atoms with Crippen LogP contribution in [0.15, 0.2) is 12.2 Å². The van der Waals surface area contributed by atoms with E-state index >= 15 is 0 Å². The van der Waals surface area contributed by atoms with Crippen LogP contribution in [-0.2, 0) is 4.74 Å². The van der Waals surface area contributed by atoms with Gasteiger partial charge in [-0.25, -0.2) is 0 Å². The van der Waals surface area contributed by atoms with E-state index in [2.05, 4.69) is 6.92 Å². The second-order valence-electron chi connectivity index (χ2n) is 2.19.